The van der Waals surface area contributed by atoms with E-state index in [1.54, 1.807) is 0 Å². The van der Waals surface area contributed by atoms with Crippen molar-refractivity contribution in [2.24, 2.45) is 0 Å². The maximum Gasteiger partial charge on any atom is 0.311 e. The topological polar surface area (TPSA) is 48.0 Å². The van der Waals surface area contributed by atoms with Crippen LogP contribution in [0.2, 0.25) is 0 Å². The van der Waals surface area contributed by atoms with Gasteiger partial charge in [0.1, 0.15) is 17.1 Å². The van der Waals surface area contributed by atoms with Crippen molar-refractivity contribution >= 4 is 11.5 Å². The Morgan fingerprint density at radius 1 is 1.08 bits per heavy atom. The van der Waals surface area contributed by atoms with Crippen LogP contribution < -0.4 is 9.47 Å². The molecule has 38 heavy (non-hydrogen) atoms. The first-order chi connectivity index (χ1) is 18.3. The van der Waals surface area contributed by atoms with Gasteiger partial charge in [-0.15, -0.1) is 0 Å². The van der Waals surface area contributed by atoms with Crippen LogP contribution in [0, 0.1) is 0 Å². The quantitative estimate of drug-likeness (QED) is 0.267. The molecule has 5 rings (SSSR count). The Bertz CT molecular complexity index is 1180. The fourth-order valence-electron chi connectivity index (χ4n) is 6.59. The Kier molecular flexibility index (Phi) is 7.97. The van der Waals surface area contributed by atoms with Crippen LogP contribution in [0.15, 0.2) is 48.0 Å². The highest BCUT2D eigenvalue weighted by molar-refractivity contribution is 5.85. The molecule has 0 radical (unpaired) electrons. The zero-order chi connectivity index (χ0) is 26.8. The van der Waals surface area contributed by atoms with Gasteiger partial charge in [0, 0.05) is 24.9 Å². The number of nitrogens with zero attached hydrogens (tertiary/aromatic N) is 1. The van der Waals surface area contributed by atoms with Gasteiger partial charge in [0.05, 0.1) is 18.8 Å². The maximum atomic E-state index is 13.2. The third-order valence-electron chi connectivity index (χ3n) is 8.66. The van der Waals surface area contributed by atoms with Gasteiger partial charge in [-0.3, -0.25) is 9.69 Å². The van der Waals surface area contributed by atoms with E-state index in [0.717, 1.165) is 88.2 Å². The lowest BCUT2D eigenvalue weighted by Crippen LogP contribution is -2.37. The van der Waals surface area contributed by atoms with Crippen molar-refractivity contribution < 1.29 is 19.0 Å². The van der Waals surface area contributed by atoms with Crippen LogP contribution in [0.25, 0.3) is 5.57 Å². The normalized spacial score (nSPS) is 20.3. The van der Waals surface area contributed by atoms with Gasteiger partial charge < -0.3 is 14.2 Å². The SMILES string of the molecule is CCCC(C)(c1ccccc1)c1cc(OC(=O)CCCN2CCOCC2)c2c(c1)OC(C)(C)C1=C2CCC1. The standard InChI is InChI=1S/C33H43NO4/c1-5-16-33(4,24-11-7-6-8-12-24)25-22-28(37-30(35)15-10-17-34-18-20-36-21-19-34)31-26-13-9-14-27(26)32(2,3)38-29(31)23-25/h6-8,11-12,22-23H,5,9-10,13-21H2,1-4H3. The number of benzene rings is 2. The number of hydrogen-bond acceptors (Lipinski definition) is 5. The van der Waals surface area contributed by atoms with Crippen molar-refractivity contribution in [2.45, 2.75) is 83.7 Å². The summed E-state index contributed by atoms with van der Waals surface area (Å²) in [7, 11) is 0. The Labute approximate surface area is 228 Å². The van der Waals surface area contributed by atoms with E-state index >= 15 is 0 Å². The molecule has 0 N–H and O–H groups in total. The van der Waals surface area contributed by atoms with Crippen LogP contribution in [-0.4, -0.2) is 49.3 Å². The van der Waals surface area contributed by atoms with E-state index in [1.807, 2.05) is 0 Å². The van der Waals surface area contributed by atoms with Crippen molar-refractivity contribution in [1.29, 1.82) is 0 Å². The highest BCUT2D eigenvalue weighted by Gasteiger charge is 2.40. The van der Waals surface area contributed by atoms with Crippen molar-refractivity contribution in [3.05, 3.63) is 64.7 Å². The third-order valence-corrected chi connectivity index (χ3v) is 8.66. The molecule has 1 fully saturated rings. The Hall–Kier alpha value is -2.63. The summed E-state index contributed by atoms with van der Waals surface area (Å²) in [6.07, 6.45) is 6.37. The molecule has 0 amide bonds. The van der Waals surface area contributed by atoms with Gasteiger partial charge in [0.2, 0.25) is 0 Å². The lowest BCUT2D eigenvalue weighted by molar-refractivity contribution is -0.134. The van der Waals surface area contributed by atoms with E-state index in [1.165, 1.54) is 16.7 Å². The molecular weight excluding hydrogens is 474 g/mol. The molecule has 1 atom stereocenters. The molecule has 0 aromatic heterocycles. The second-order valence-corrected chi connectivity index (χ2v) is 11.8. The number of allylic oxidation sites excluding steroid dienone is 1. The lowest BCUT2D eigenvalue weighted by atomic mass is 9.72. The Balaban J connectivity index is 1.49. The van der Waals surface area contributed by atoms with Crippen LogP contribution in [0.3, 0.4) is 0 Å². The monoisotopic (exact) mass is 517 g/mol. The molecule has 2 aromatic carbocycles. The molecule has 1 aliphatic carbocycles. The first-order valence-corrected chi connectivity index (χ1v) is 14.5. The average molecular weight is 518 g/mol. The van der Waals surface area contributed by atoms with Gasteiger partial charge in [-0.05, 0) is 86.9 Å². The molecule has 1 unspecified atom stereocenters. The second-order valence-electron chi connectivity index (χ2n) is 11.8. The van der Waals surface area contributed by atoms with Gasteiger partial charge in [0.15, 0.2) is 0 Å². The summed E-state index contributed by atoms with van der Waals surface area (Å²) in [6, 6.07) is 15.0. The summed E-state index contributed by atoms with van der Waals surface area (Å²) in [5, 5.41) is 0. The van der Waals surface area contributed by atoms with Crippen molar-refractivity contribution in [3.8, 4) is 11.5 Å². The zero-order valence-electron chi connectivity index (χ0n) is 23.6. The summed E-state index contributed by atoms with van der Waals surface area (Å²) in [6.45, 7) is 13.2. The second kappa shape index (κ2) is 11.2. The van der Waals surface area contributed by atoms with Crippen molar-refractivity contribution in [1.82, 2.24) is 4.90 Å². The minimum atomic E-state index is -0.356. The summed E-state index contributed by atoms with van der Waals surface area (Å²) >= 11 is 0. The predicted octanol–water partition coefficient (Wildman–Crippen LogP) is 6.92. The fourth-order valence-corrected chi connectivity index (χ4v) is 6.59. The Morgan fingerprint density at radius 3 is 2.58 bits per heavy atom. The van der Waals surface area contributed by atoms with E-state index in [4.69, 9.17) is 14.2 Å². The number of hydrogen-bond donors (Lipinski definition) is 0. The number of fused-ring (bicyclic) bond motifs is 2. The van der Waals surface area contributed by atoms with E-state index < -0.39 is 0 Å². The van der Waals surface area contributed by atoms with Crippen molar-refractivity contribution in [3.63, 3.8) is 0 Å². The highest BCUT2D eigenvalue weighted by atomic mass is 16.5. The number of ether oxygens (including phenoxy) is 3. The Morgan fingerprint density at radius 2 is 1.84 bits per heavy atom. The minimum Gasteiger partial charge on any atom is -0.483 e. The number of esters is 1. The maximum absolute atomic E-state index is 13.2. The van der Waals surface area contributed by atoms with E-state index in [2.05, 4.69) is 75.1 Å². The molecule has 2 aliphatic heterocycles. The number of carbonyl (C=O) groups is 1. The molecule has 0 saturated carbocycles. The lowest BCUT2D eigenvalue weighted by Gasteiger charge is -2.38. The van der Waals surface area contributed by atoms with E-state index in [9.17, 15) is 4.79 Å². The summed E-state index contributed by atoms with van der Waals surface area (Å²) in [5.74, 6) is 1.35. The number of rotatable bonds is 9. The van der Waals surface area contributed by atoms with E-state index in [0.29, 0.717) is 12.2 Å². The molecule has 0 spiro atoms. The first-order valence-electron chi connectivity index (χ1n) is 14.5. The summed E-state index contributed by atoms with van der Waals surface area (Å²) in [5.41, 5.74) is 5.48. The smallest absolute Gasteiger partial charge is 0.311 e. The highest BCUT2D eigenvalue weighted by Crippen LogP contribution is 2.53. The molecule has 5 heteroatoms. The van der Waals surface area contributed by atoms with Crippen LogP contribution in [-0.2, 0) is 14.9 Å². The zero-order valence-corrected chi connectivity index (χ0v) is 23.6. The average Bonchev–Trinajstić information content (AvgIpc) is 3.41. The number of carbonyl (C=O) groups excluding carboxylic acids is 1. The molecule has 3 aliphatic rings. The van der Waals surface area contributed by atoms with Gasteiger partial charge in [-0.25, -0.2) is 0 Å². The van der Waals surface area contributed by atoms with Crippen LogP contribution in [0.4, 0.5) is 0 Å². The molecule has 2 aromatic rings. The van der Waals surface area contributed by atoms with Gasteiger partial charge in [-0.1, -0.05) is 50.6 Å². The third kappa shape index (κ3) is 5.41. The van der Waals surface area contributed by atoms with Gasteiger partial charge >= 0.3 is 5.97 Å². The van der Waals surface area contributed by atoms with Crippen LogP contribution in [0.5, 0.6) is 11.5 Å². The first kappa shape index (κ1) is 27.0. The summed E-state index contributed by atoms with van der Waals surface area (Å²) in [4.78, 5) is 15.6. The van der Waals surface area contributed by atoms with Crippen LogP contribution >= 0.6 is 0 Å². The fraction of sp³-hybridized carbons (Fsp3) is 0.545. The largest absolute Gasteiger partial charge is 0.483 e. The van der Waals surface area contributed by atoms with Gasteiger partial charge in [0.25, 0.3) is 0 Å². The molecule has 0 bridgehead atoms. The molecule has 2 heterocycles. The molecular formula is C33H43NO4. The van der Waals surface area contributed by atoms with Gasteiger partial charge in [-0.2, -0.15) is 0 Å². The number of morpholine rings is 1. The molecule has 5 nitrogen and oxygen atoms in total. The van der Waals surface area contributed by atoms with Crippen LogP contribution in [0.1, 0.15) is 89.3 Å². The summed E-state index contributed by atoms with van der Waals surface area (Å²) < 4.78 is 18.4. The van der Waals surface area contributed by atoms with Crippen molar-refractivity contribution in [2.75, 3.05) is 32.8 Å². The molecule has 204 valence electrons. The molecule has 1 saturated heterocycles. The predicted molar refractivity (Wildman–Crippen MR) is 152 cm³/mol. The van der Waals surface area contributed by atoms with E-state index in [-0.39, 0.29) is 17.0 Å². The minimum absolute atomic E-state index is 0.167.